The smallest absolute Gasteiger partial charge is 0.294 e. The first-order valence-corrected chi connectivity index (χ1v) is 9.86. The van der Waals surface area contributed by atoms with E-state index in [0.717, 1.165) is 22.2 Å². The molecular weight excluding hydrogens is 408 g/mol. The van der Waals surface area contributed by atoms with E-state index in [4.69, 9.17) is 14.2 Å². The minimum atomic E-state index is -0.538. The van der Waals surface area contributed by atoms with Crippen LogP contribution in [0.1, 0.15) is 11.1 Å². The van der Waals surface area contributed by atoms with Crippen LogP contribution in [0, 0.1) is 6.92 Å². The molecule has 2 aliphatic heterocycles. The number of carbonyl (C=O) groups is 3. The van der Waals surface area contributed by atoms with Crippen LogP contribution >= 0.6 is 11.8 Å². The summed E-state index contributed by atoms with van der Waals surface area (Å²) >= 11 is 0.771. The highest BCUT2D eigenvalue weighted by molar-refractivity contribution is 8.18. The fourth-order valence-corrected chi connectivity index (χ4v) is 3.90. The number of benzene rings is 2. The Morgan fingerprint density at radius 3 is 2.73 bits per heavy atom. The lowest BCUT2D eigenvalue weighted by molar-refractivity contribution is -0.127. The van der Waals surface area contributed by atoms with Gasteiger partial charge in [0.05, 0.1) is 12.0 Å². The summed E-state index contributed by atoms with van der Waals surface area (Å²) in [5, 5.41) is 2.19. The zero-order valence-electron chi connectivity index (χ0n) is 16.3. The number of anilines is 1. The number of methoxy groups -OCH3 is 1. The van der Waals surface area contributed by atoms with Crippen molar-refractivity contribution in [2.24, 2.45) is 0 Å². The SMILES string of the molecule is COc1cc2c(cc1/C=C1/SC(=O)N(CC(=O)Nc3cccc(C)c3)C1=O)OCO2. The molecule has 4 rings (SSSR count). The number of nitrogens with one attached hydrogen (secondary N) is 1. The molecule has 2 heterocycles. The first-order valence-electron chi connectivity index (χ1n) is 9.04. The van der Waals surface area contributed by atoms with Crippen molar-refractivity contribution in [3.63, 3.8) is 0 Å². The van der Waals surface area contributed by atoms with E-state index in [1.807, 2.05) is 19.1 Å². The Balaban J connectivity index is 1.51. The van der Waals surface area contributed by atoms with Gasteiger partial charge < -0.3 is 19.5 Å². The molecule has 0 radical (unpaired) electrons. The second-order valence-electron chi connectivity index (χ2n) is 6.63. The predicted octanol–water partition coefficient (Wildman–Crippen LogP) is 3.41. The lowest BCUT2D eigenvalue weighted by Gasteiger charge is -2.12. The first-order chi connectivity index (χ1) is 14.4. The van der Waals surface area contributed by atoms with Crippen molar-refractivity contribution in [2.45, 2.75) is 6.92 Å². The minimum absolute atomic E-state index is 0.106. The third-order valence-corrected chi connectivity index (χ3v) is 5.40. The fraction of sp³-hybridized carbons (Fsp3) is 0.190. The zero-order chi connectivity index (χ0) is 21.3. The van der Waals surface area contributed by atoms with E-state index in [9.17, 15) is 14.4 Å². The van der Waals surface area contributed by atoms with Gasteiger partial charge in [0.2, 0.25) is 12.7 Å². The number of aryl methyl sites for hydroxylation is 1. The third kappa shape index (κ3) is 3.97. The maximum Gasteiger partial charge on any atom is 0.294 e. The molecule has 0 aromatic heterocycles. The van der Waals surface area contributed by atoms with Gasteiger partial charge in [0.15, 0.2) is 11.5 Å². The van der Waals surface area contributed by atoms with E-state index < -0.39 is 17.1 Å². The highest BCUT2D eigenvalue weighted by Crippen LogP contribution is 2.40. The molecule has 0 atom stereocenters. The number of nitrogens with zero attached hydrogens (tertiary/aromatic N) is 1. The molecule has 0 aliphatic carbocycles. The van der Waals surface area contributed by atoms with Gasteiger partial charge in [-0.1, -0.05) is 12.1 Å². The van der Waals surface area contributed by atoms with Gasteiger partial charge in [0.25, 0.3) is 11.1 Å². The quantitative estimate of drug-likeness (QED) is 0.732. The van der Waals surface area contributed by atoms with Gasteiger partial charge in [-0.05, 0) is 48.5 Å². The number of hydrogen-bond acceptors (Lipinski definition) is 7. The van der Waals surface area contributed by atoms with Crippen molar-refractivity contribution in [3.8, 4) is 17.2 Å². The van der Waals surface area contributed by atoms with Crippen LogP contribution in [0.2, 0.25) is 0 Å². The zero-order valence-corrected chi connectivity index (χ0v) is 17.1. The fourth-order valence-electron chi connectivity index (χ4n) is 3.07. The summed E-state index contributed by atoms with van der Waals surface area (Å²) in [5.41, 5.74) is 2.16. The number of carbonyl (C=O) groups excluding carboxylic acids is 3. The van der Waals surface area contributed by atoms with E-state index in [-0.39, 0.29) is 18.2 Å². The molecule has 30 heavy (non-hydrogen) atoms. The van der Waals surface area contributed by atoms with E-state index in [2.05, 4.69) is 5.32 Å². The van der Waals surface area contributed by atoms with Crippen LogP contribution < -0.4 is 19.5 Å². The topological polar surface area (TPSA) is 94.2 Å². The summed E-state index contributed by atoms with van der Waals surface area (Å²) in [6, 6.07) is 10.6. The summed E-state index contributed by atoms with van der Waals surface area (Å²) in [4.78, 5) is 38.5. The van der Waals surface area contributed by atoms with Crippen LogP contribution in [0.25, 0.3) is 6.08 Å². The molecule has 0 bridgehead atoms. The van der Waals surface area contributed by atoms with Gasteiger partial charge in [-0.25, -0.2) is 0 Å². The lowest BCUT2D eigenvalue weighted by Crippen LogP contribution is -2.36. The molecule has 2 aliphatic rings. The summed E-state index contributed by atoms with van der Waals surface area (Å²) in [6.45, 7) is 1.64. The molecule has 0 saturated carbocycles. The second kappa shape index (κ2) is 8.11. The molecule has 3 amide bonds. The summed E-state index contributed by atoms with van der Waals surface area (Å²) in [5.74, 6) is 0.556. The van der Waals surface area contributed by atoms with Crippen molar-refractivity contribution in [3.05, 3.63) is 52.4 Å². The van der Waals surface area contributed by atoms with E-state index in [0.29, 0.717) is 28.5 Å². The number of thioether (sulfide) groups is 1. The van der Waals surface area contributed by atoms with Gasteiger partial charge in [0, 0.05) is 17.3 Å². The van der Waals surface area contributed by atoms with Crippen molar-refractivity contribution in [1.82, 2.24) is 4.90 Å². The maximum absolute atomic E-state index is 12.7. The Bertz CT molecular complexity index is 1080. The van der Waals surface area contributed by atoms with E-state index >= 15 is 0 Å². The van der Waals surface area contributed by atoms with Crippen LogP contribution in [0.3, 0.4) is 0 Å². The summed E-state index contributed by atoms with van der Waals surface area (Å²) < 4.78 is 16.0. The van der Waals surface area contributed by atoms with Crippen molar-refractivity contribution in [2.75, 3.05) is 25.8 Å². The Labute approximate surface area is 176 Å². The average molecular weight is 426 g/mol. The predicted molar refractivity (Wildman–Crippen MR) is 112 cm³/mol. The van der Waals surface area contributed by atoms with Gasteiger partial charge in [-0.2, -0.15) is 0 Å². The monoisotopic (exact) mass is 426 g/mol. The summed E-state index contributed by atoms with van der Waals surface area (Å²) in [6.07, 6.45) is 1.55. The van der Waals surface area contributed by atoms with Gasteiger partial charge in [0.1, 0.15) is 12.3 Å². The molecule has 1 fully saturated rings. The number of rotatable bonds is 5. The van der Waals surface area contributed by atoms with Crippen molar-refractivity contribution >= 4 is 40.6 Å². The van der Waals surface area contributed by atoms with Gasteiger partial charge in [-0.3, -0.25) is 19.3 Å². The standard InChI is InChI=1S/C21H18N2O6S/c1-12-4-3-5-14(6-12)22-19(24)10-23-20(25)18(30-21(23)26)8-13-7-16-17(29-11-28-16)9-15(13)27-2/h3-9H,10-11H2,1-2H3,(H,22,24)/b18-8+. The Hall–Kier alpha value is -3.46. The van der Waals surface area contributed by atoms with Crippen LogP contribution in [0.15, 0.2) is 41.3 Å². The van der Waals surface area contributed by atoms with E-state index in [1.54, 1.807) is 30.3 Å². The van der Waals surface area contributed by atoms with Crippen molar-refractivity contribution in [1.29, 1.82) is 0 Å². The Morgan fingerprint density at radius 2 is 2.00 bits per heavy atom. The number of hydrogen-bond donors (Lipinski definition) is 1. The molecule has 0 unspecified atom stereocenters. The van der Waals surface area contributed by atoms with Crippen LogP contribution in [-0.2, 0) is 9.59 Å². The molecule has 0 spiro atoms. The molecule has 154 valence electrons. The normalized spacial score (nSPS) is 16.3. The molecule has 2 aromatic rings. The van der Waals surface area contributed by atoms with Gasteiger partial charge in [-0.15, -0.1) is 0 Å². The lowest BCUT2D eigenvalue weighted by atomic mass is 10.1. The first kappa shape index (κ1) is 19.8. The molecule has 2 aromatic carbocycles. The third-order valence-electron chi connectivity index (χ3n) is 4.49. The second-order valence-corrected chi connectivity index (χ2v) is 7.63. The molecule has 9 heteroatoms. The van der Waals surface area contributed by atoms with Crippen LogP contribution in [-0.4, -0.2) is 42.4 Å². The minimum Gasteiger partial charge on any atom is -0.496 e. The molecule has 1 N–H and O–H groups in total. The highest BCUT2D eigenvalue weighted by Gasteiger charge is 2.36. The number of amides is 3. The Kier molecular flexibility index (Phi) is 5.37. The molecule has 1 saturated heterocycles. The number of ether oxygens (including phenoxy) is 3. The van der Waals surface area contributed by atoms with Gasteiger partial charge >= 0.3 is 0 Å². The number of fused-ring (bicyclic) bond motifs is 1. The maximum atomic E-state index is 12.7. The molecule has 8 nitrogen and oxygen atoms in total. The average Bonchev–Trinajstić information content (AvgIpc) is 3.26. The van der Waals surface area contributed by atoms with E-state index in [1.165, 1.54) is 7.11 Å². The number of imide groups is 1. The van der Waals surface area contributed by atoms with Crippen LogP contribution in [0.4, 0.5) is 10.5 Å². The highest BCUT2D eigenvalue weighted by atomic mass is 32.2. The largest absolute Gasteiger partial charge is 0.496 e. The summed E-state index contributed by atoms with van der Waals surface area (Å²) in [7, 11) is 1.50. The molecular formula is C21H18N2O6S. The van der Waals surface area contributed by atoms with Crippen molar-refractivity contribution < 1.29 is 28.6 Å². The Morgan fingerprint density at radius 1 is 1.23 bits per heavy atom. The van der Waals surface area contributed by atoms with Crippen LogP contribution in [0.5, 0.6) is 17.2 Å².